The summed E-state index contributed by atoms with van der Waals surface area (Å²) in [4.78, 5) is 10.5. The summed E-state index contributed by atoms with van der Waals surface area (Å²) in [6.07, 6.45) is 0.636. The molecule has 90 valence electrons. The summed E-state index contributed by atoms with van der Waals surface area (Å²) in [7, 11) is 0. The Morgan fingerprint density at radius 1 is 1.69 bits per heavy atom. The standard InChI is InChI=1S/C10H16N2O4/c1-3-10(2,15)6-11-5-7-4-8(9(13)14)12-16-7/h4,11,15H,3,5-6H2,1-2H3,(H,13,14). The highest BCUT2D eigenvalue weighted by atomic mass is 16.5. The second-order valence-corrected chi connectivity index (χ2v) is 3.94. The molecule has 0 amide bonds. The molecule has 0 fully saturated rings. The van der Waals surface area contributed by atoms with Crippen LogP contribution in [0.3, 0.4) is 0 Å². The molecule has 6 heteroatoms. The van der Waals surface area contributed by atoms with Crippen LogP contribution in [-0.4, -0.2) is 33.5 Å². The molecule has 1 unspecified atom stereocenters. The van der Waals surface area contributed by atoms with E-state index in [0.717, 1.165) is 0 Å². The van der Waals surface area contributed by atoms with Crippen LogP contribution in [0.25, 0.3) is 0 Å². The van der Waals surface area contributed by atoms with Crippen molar-refractivity contribution in [2.45, 2.75) is 32.4 Å². The predicted molar refractivity (Wildman–Crippen MR) is 56.1 cm³/mol. The van der Waals surface area contributed by atoms with E-state index in [2.05, 4.69) is 10.5 Å². The summed E-state index contributed by atoms with van der Waals surface area (Å²) in [6.45, 7) is 4.37. The highest BCUT2D eigenvalue weighted by Crippen LogP contribution is 2.07. The molecular formula is C10H16N2O4. The van der Waals surface area contributed by atoms with Crippen molar-refractivity contribution in [1.82, 2.24) is 10.5 Å². The molecule has 1 atom stereocenters. The second kappa shape index (κ2) is 5.09. The van der Waals surface area contributed by atoms with Crippen molar-refractivity contribution >= 4 is 5.97 Å². The van der Waals surface area contributed by atoms with Gasteiger partial charge in [-0.05, 0) is 13.3 Å². The quantitative estimate of drug-likeness (QED) is 0.660. The van der Waals surface area contributed by atoms with Gasteiger partial charge in [0.2, 0.25) is 0 Å². The molecule has 3 N–H and O–H groups in total. The van der Waals surface area contributed by atoms with Crippen molar-refractivity contribution in [3.63, 3.8) is 0 Å². The molecule has 0 bridgehead atoms. The third kappa shape index (κ3) is 3.63. The maximum absolute atomic E-state index is 10.5. The van der Waals surface area contributed by atoms with Gasteiger partial charge in [-0.25, -0.2) is 4.79 Å². The Balaban J connectivity index is 2.40. The van der Waals surface area contributed by atoms with Crippen LogP contribution in [0.1, 0.15) is 36.5 Å². The minimum absolute atomic E-state index is 0.112. The third-order valence-electron chi connectivity index (χ3n) is 2.34. The van der Waals surface area contributed by atoms with Gasteiger partial charge in [-0.3, -0.25) is 0 Å². The number of nitrogens with one attached hydrogen (secondary N) is 1. The zero-order valence-electron chi connectivity index (χ0n) is 9.36. The molecule has 0 aliphatic carbocycles. The molecule has 0 aliphatic rings. The van der Waals surface area contributed by atoms with Crippen molar-refractivity contribution in [2.24, 2.45) is 0 Å². The number of carboxylic acids is 1. The molecule has 0 spiro atoms. The zero-order chi connectivity index (χ0) is 12.2. The first-order chi connectivity index (χ1) is 7.44. The summed E-state index contributed by atoms with van der Waals surface area (Å²) in [5.41, 5.74) is -0.880. The van der Waals surface area contributed by atoms with E-state index in [0.29, 0.717) is 25.3 Å². The van der Waals surface area contributed by atoms with Gasteiger partial charge in [0.05, 0.1) is 12.1 Å². The van der Waals surface area contributed by atoms with Crippen molar-refractivity contribution in [1.29, 1.82) is 0 Å². The van der Waals surface area contributed by atoms with Crippen LogP contribution < -0.4 is 5.32 Å². The lowest BCUT2D eigenvalue weighted by Crippen LogP contribution is -2.36. The van der Waals surface area contributed by atoms with Gasteiger partial charge in [0.15, 0.2) is 11.5 Å². The first-order valence-corrected chi connectivity index (χ1v) is 5.06. The van der Waals surface area contributed by atoms with Gasteiger partial charge in [0.25, 0.3) is 0 Å². The van der Waals surface area contributed by atoms with E-state index >= 15 is 0 Å². The van der Waals surface area contributed by atoms with Crippen molar-refractivity contribution in [2.75, 3.05) is 6.54 Å². The van der Waals surface area contributed by atoms with E-state index in [1.165, 1.54) is 6.07 Å². The Morgan fingerprint density at radius 2 is 2.38 bits per heavy atom. The van der Waals surface area contributed by atoms with E-state index in [-0.39, 0.29) is 5.69 Å². The second-order valence-electron chi connectivity index (χ2n) is 3.94. The van der Waals surface area contributed by atoms with E-state index < -0.39 is 11.6 Å². The largest absolute Gasteiger partial charge is 0.476 e. The monoisotopic (exact) mass is 228 g/mol. The maximum Gasteiger partial charge on any atom is 0.358 e. The fourth-order valence-electron chi connectivity index (χ4n) is 1.08. The van der Waals surface area contributed by atoms with Crippen molar-refractivity contribution in [3.05, 3.63) is 17.5 Å². The molecule has 0 aromatic carbocycles. The van der Waals surface area contributed by atoms with Crippen LogP contribution in [0.5, 0.6) is 0 Å². The van der Waals surface area contributed by atoms with Crippen LogP contribution in [0, 0.1) is 0 Å². The van der Waals surface area contributed by atoms with Crippen LogP contribution >= 0.6 is 0 Å². The highest BCUT2D eigenvalue weighted by Gasteiger charge is 2.17. The molecular weight excluding hydrogens is 212 g/mol. The lowest BCUT2D eigenvalue weighted by molar-refractivity contribution is 0.0550. The SMILES string of the molecule is CCC(C)(O)CNCc1cc(C(=O)O)no1. The van der Waals surface area contributed by atoms with Crippen molar-refractivity contribution < 1.29 is 19.5 Å². The van der Waals surface area contributed by atoms with E-state index in [1.807, 2.05) is 6.92 Å². The minimum atomic E-state index is -1.12. The van der Waals surface area contributed by atoms with Crippen molar-refractivity contribution in [3.8, 4) is 0 Å². The molecule has 16 heavy (non-hydrogen) atoms. The van der Waals surface area contributed by atoms with Gasteiger partial charge in [-0.2, -0.15) is 0 Å². The first-order valence-electron chi connectivity index (χ1n) is 5.06. The van der Waals surface area contributed by atoms with Gasteiger partial charge in [-0.1, -0.05) is 12.1 Å². The predicted octanol–water partition coefficient (Wildman–Crippen LogP) is 0.623. The summed E-state index contributed by atoms with van der Waals surface area (Å²) < 4.78 is 4.80. The fraction of sp³-hybridized carbons (Fsp3) is 0.600. The van der Waals surface area contributed by atoms with Crippen LogP contribution in [-0.2, 0) is 6.54 Å². The maximum atomic E-state index is 10.5. The number of aromatic carboxylic acids is 1. The van der Waals surface area contributed by atoms with Gasteiger partial charge in [-0.15, -0.1) is 0 Å². The smallest absolute Gasteiger partial charge is 0.358 e. The Morgan fingerprint density at radius 3 is 2.88 bits per heavy atom. The Labute approximate surface area is 93.3 Å². The van der Waals surface area contributed by atoms with Gasteiger partial charge in [0, 0.05) is 12.6 Å². The average Bonchev–Trinajstić information content (AvgIpc) is 2.66. The van der Waals surface area contributed by atoms with Crippen LogP contribution in [0.4, 0.5) is 0 Å². The number of hydrogen-bond acceptors (Lipinski definition) is 5. The summed E-state index contributed by atoms with van der Waals surface area (Å²) in [5.74, 6) is -0.681. The zero-order valence-corrected chi connectivity index (χ0v) is 9.36. The number of aliphatic hydroxyl groups is 1. The lowest BCUT2D eigenvalue weighted by atomic mass is 10.0. The summed E-state index contributed by atoms with van der Waals surface area (Å²) >= 11 is 0. The molecule has 1 aromatic rings. The Bertz CT molecular complexity index is 359. The van der Waals surface area contributed by atoms with E-state index in [4.69, 9.17) is 9.63 Å². The number of carbonyl (C=O) groups is 1. The molecule has 0 radical (unpaired) electrons. The fourth-order valence-corrected chi connectivity index (χ4v) is 1.08. The Hall–Kier alpha value is -1.40. The molecule has 1 rings (SSSR count). The molecule has 0 aliphatic heterocycles. The topological polar surface area (TPSA) is 95.6 Å². The summed E-state index contributed by atoms with van der Waals surface area (Å²) in [6, 6.07) is 1.36. The van der Waals surface area contributed by atoms with Gasteiger partial charge >= 0.3 is 5.97 Å². The van der Waals surface area contributed by atoms with E-state index in [9.17, 15) is 9.90 Å². The van der Waals surface area contributed by atoms with Crippen LogP contribution in [0.15, 0.2) is 10.6 Å². The molecule has 0 saturated heterocycles. The minimum Gasteiger partial charge on any atom is -0.476 e. The first kappa shape index (κ1) is 12.7. The Kier molecular flexibility index (Phi) is 4.03. The number of rotatable bonds is 6. The molecule has 1 aromatic heterocycles. The normalized spacial score (nSPS) is 14.7. The summed E-state index contributed by atoms with van der Waals surface area (Å²) in [5, 5.41) is 24.6. The van der Waals surface area contributed by atoms with Gasteiger partial charge < -0.3 is 20.1 Å². The number of nitrogens with zero attached hydrogens (tertiary/aromatic N) is 1. The number of carboxylic acid groups (broad SMARTS) is 1. The highest BCUT2D eigenvalue weighted by molar-refractivity contribution is 5.85. The molecule has 1 heterocycles. The number of aromatic nitrogens is 1. The molecule has 6 nitrogen and oxygen atoms in total. The molecule has 0 saturated carbocycles. The lowest BCUT2D eigenvalue weighted by Gasteiger charge is -2.21. The van der Waals surface area contributed by atoms with Gasteiger partial charge in [0.1, 0.15) is 0 Å². The third-order valence-corrected chi connectivity index (χ3v) is 2.34. The number of hydrogen-bond donors (Lipinski definition) is 3. The average molecular weight is 228 g/mol. The van der Waals surface area contributed by atoms with E-state index in [1.54, 1.807) is 6.92 Å². The van der Waals surface area contributed by atoms with Crippen LogP contribution in [0.2, 0.25) is 0 Å².